The number of nitrogens with zero attached hydrogens (tertiary/aromatic N) is 2. The van der Waals surface area contributed by atoms with Crippen molar-refractivity contribution in [2.45, 2.75) is 77.4 Å². The van der Waals surface area contributed by atoms with E-state index in [-0.39, 0.29) is 23.3 Å². The van der Waals surface area contributed by atoms with Crippen LogP contribution in [0.15, 0.2) is 23.3 Å². The zero-order valence-electron chi connectivity index (χ0n) is 22.8. The Morgan fingerprint density at radius 2 is 1.95 bits per heavy atom. The van der Waals surface area contributed by atoms with Gasteiger partial charge in [-0.05, 0) is 68.7 Å². The van der Waals surface area contributed by atoms with Crippen LogP contribution in [0.4, 0.5) is 4.39 Å². The van der Waals surface area contributed by atoms with Gasteiger partial charge in [0.25, 0.3) is 5.91 Å². The summed E-state index contributed by atoms with van der Waals surface area (Å²) in [5.41, 5.74) is 0.639. The Kier molecular flexibility index (Phi) is 9.52. The van der Waals surface area contributed by atoms with Gasteiger partial charge in [0.05, 0.1) is 24.1 Å². The highest BCUT2D eigenvalue weighted by atomic mass is 19.1. The van der Waals surface area contributed by atoms with Crippen LogP contribution in [0, 0.1) is 28.8 Å². The minimum Gasteiger partial charge on any atom is -0.563 e. The number of benzene rings is 1. The van der Waals surface area contributed by atoms with Gasteiger partial charge in [0.2, 0.25) is 11.7 Å². The second-order valence-electron chi connectivity index (χ2n) is 11.2. The molecule has 1 aromatic carbocycles. The molecular formula is C27H39FN6O5. The third-order valence-corrected chi connectivity index (χ3v) is 7.36. The molecule has 1 aromatic rings. The van der Waals surface area contributed by atoms with Crippen molar-refractivity contribution >= 4 is 23.5 Å². The van der Waals surface area contributed by atoms with Crippen molar-refractivity contribution in [3.8, 4) is 0 Å². The fourth-order valence-electron chi connectivity index (χ4n) is 5.12. The Morgan fingerprint density at radius 1 is 1.21 bits per heavy atom. The highest BCUT2D eigenvalue weighted by Crippen LogP contribution is 2.29. The topological polar surface area (TPSA) is 140 Å². The zero-order valence-corrected chi connectivity index (χ0v) is 22.8. The van der Waals surface area contributed by atoms with Gasteiger partial charge in [0, 0.05) is 12.6 Å². The van der Waals surface area contributed by atoms with E-state index >= 15 is 0 Å². The van der Waals surface area contributed by atoms with Crippen molar-refractivity contribution in [3.63, 3.8) is 0 Å². The summed E-state index contributed by atoms with van der Waals surface area (Å²) in [5.74, 6) is -2.58. The lowest BCUT2D eigenvalue weighted by atomic mass is 9.83. The molecule has 0 aromatic heterocycles. The molecule has 0 bridgehead atoms. The highest BCUT2D eigenvalue weighted by Gasteiger charge is 2.40. The van der Waals surface area contributed by atoms with Gasteiger partial charge in [-0.1, -0.05) is 48.3 Å². The van der Waals surface area contributed by atoms with Gasteiger partial charge in [0.15, 0.2) is 0 Å². The van der Waals surface area contributed by atoms with Crippen molar-refractivity contribution < 1.29 is 28.9 Å². The maximum atomic E-state index is 14.6. The van der Waals surface area contributed by atoms with Crippen molar-refractivity contribution in [2.24, 2.45) is 22.9 Å². The molecule has 11 nitrogen and oxygen atoms in total. The van der Waals surface area contributed by atoms with E-state index in [0.29, 0.717) is 38.3 Å². The van der Waals surface area contributed by atoms with Gasteiger partial charge < -0.3 is 21.2 Å². The minimum atomic E-state index is -0.930. The summed E-state index contributed by atoms with van der Waals surface area (Å²) >= 11 is 0. The number of carbonyl (C=O) groups excluding carboxylic acids is 3. The SMILES string of the molecule is CNCc1ccc(C(=O)N[C@H]2CCCC[C@H]2C(=O)NC(CC(C)C)C(=O)C2=NN(CC3CC3)[NH+]([O-])O2)c(F)c1. The van der Waals surface area contributed by atoms with Gasteiger partial charge in [-0.3, -0.25) is 19.2 Å². The maximum Gasteiger partial charge on any atom is 0.351 e. The van der Waals surface area contributed by atoms with E-state index in [9.17, 15) is 24.0 Å². The summed E-state index contributed by atoms with van der Waals surface area (Å²) in [6.07, 6.45) is 5.05. The first-order chi connectivity index (χ1) is 18.7. The van der Waals surface area contributed by atoms with E-state index in [4.69, 9.17) is 4.84 Å². The predicted octanol–water partition coefficient (Wildman–Crippen LogP) is 1.20. The molecule has 2 amide bonds. The largest absolute Gasteiger partial charge is 0.563 e. The second kappa shape index (κ2) is 12.8. The van der Waals surface area contributed by atoms with E-state index < -0.39 is 40.8 Å². The molecule has 2 saturated carbocycles. The number of halogens is 1. The molecule has 4 N–H and O–H groups in total. The summed E-state index contributed by atoms with van der Waals surface area (Å²) in [5, 5.41) is 25.4. The molecular weight excluding hydrogens is 507 g/mol. The fraction of sp³-hybridized carbons (Fsp3) is 0.630. The Hall–Kier alpha value is -3.09. The van der Waals surface area contributed by atoms with E-state index in [2.05, 4.69) is 21.1 Å². The molecule has 0 spiro atoms. The number of nitrogens with one attached hydrogen (secondary N) is 4. The van der Waals surface area contributed by atoms with Gasteiger partial charge in [0.1, 0.15) is 5.82 Å². The summed E-state index contributed by atoms with van der Waals surface area (Å²) < 4.78 is 14.6. The van der Waals surface area contributed by atoms with E-state index in [0.717, 1.165) is 31.2 Å². The van der Waals surface area contributed by atoms with E-state index in [1.807, 2.05) is 13.8 Å². The van der Waals surface area contributed by atoms with Gasteiger partial charge in [-0.15, -0.1) is 0 Å². The third-order valence-electron chi connectivity index (χ3n) is 7.36. The number of Topliss-reactive ketones (excluding diaryl/α,β-unsaturated/α-hetero) is 1. The average Bonchev–Trinajstić information content (AvgIpc) is 3.63. The molecule has 3 aliphatic rings. The van der Waals surface area contributed by atoms with Crippen molar-refractivity contribution in [3.05, 3.63) is 40.4 Å². The number of hydrazone groups is 1. The maximum absolute atomic E-state index is 14.6. The number of hydrogen-bond donors (Lipinski definition) is 4. The number of hydrogen-bond acceptors (Lipinski definition) is 8. The molecule has 1 heterocycles. The van der Waals surface area contributed by atoms with Gasteiger partial charge in [-0.2, -0.15) is 0 Å². The molecule has 2 aliphatic carbocycles. The van der Waals surface area contributed by atoms with Crippen LogP contribution in [0.5, 0.6) is 0 Å². The summed E-state index contributed by atoms with van der Waals surface area (Å²) in [6.45, 7) is 4.74. The summed E-state index contributed by atoms with van der Waals surface area (Å²) in [7, 11) is 1.75. The second-order valence-corrected chi connectivity index (χ2v) is 11.2. The van der Waals surface area contributed by atoms with Crippen LogP contribution in [-0.2, 0) is 21.0 Å². The Labute approximate surface area is 228 Å². The van der Waals surface area contributed by atoms with Crippen LogP contribution in [0.25, 0.3) is 0 Å². The Morgan fingerprint density at radius 3 is 2.62 bits per heavy atom. The Bertz CT molecular complexity index is 1090. The lowest BCUT2D eigenvalue weighted by Crippen LogP contribution is -3.10. The van der Waals surface area contributed by atoms with Crippen LogP contribution in [0.3, 0.4) is 0 Å². The van der Waals surface area contributed by atoms with Gasteiger partial charge in [-0.25, -0.2) is 4.39 Å². The van der Waals surface area contributed by atoms with Crippen LogP contribution >= 0.6 is 0 Å². The van der Waals surface area contributed by atoms with Crippen molar-refractivity contribution in [2.75, 3.05) is 13.6 Å². The molecule has 214 valence electrons. The summed E-state index contributed by atoms with van der Waals surface area (Å²) in [4.78, 5) is 44.8. The molecule has 2 unspecified atom stereocenters. The molecule has 0 saturated heterocycles. The molecule has 1 aliphatic heterocycles. The van der Waals surface area contributed by atoms with Crippen molar-refractivity contribution in [1.82, 2.24) is 21.1 Å². The van der Waals surface area contributed by atoms with Crippen LogP contribution in [-0.4, -0.2) is 54.3 Å². The van der Waals surface area contributed by atoms with Crippen LogP contribution in [0.2, 0.25) is 0 Å². The molecule has 39 heavy (non-hydrogen) atoms. The smallest absolute Gasteiger partial charge is 0.351 e. The molecule has 2 fully saturated rings. The lowest BCUT2D eigenvalue weighted by molar-refractivity contribution is -1.12. The highest BCUT2D eigenvalue weighted by molar-refractivity contribution is 6.38. The molecule has 0 radical (unpaired) electrons. The van der Waals surface area contributed by atoms with Crippen LogP contribution in [0.1, 0.15) is 74.7 Å². The van der Waals surface area contributed by atoms with Crippen LogP contribution < -0.4 is 21.3 Å². The average molecular weight is 547 g/mol. The Balaban J connectivity index is 1.43. The monoisotopic (exact) mass is 546 g/mol. The standard InChI is InChI=1S/C27H39FN6O5/c1-16(2)12-23(24(35)27-32-33(34(38)39-27)15-17-8-9-17)31-26(37)20-6-4-5-7-22(20)30-25(36)19-11-10-18(14-29-3)13-21(19)28/h10-11,13,16-17,20,22-23,29,34H,4-9,12,14-15H2,1-3H3,(H,30,36)(H,31,37)/t20-,22+,23?/m1/s1. The minimum absolute atomic E-state index is 0.0650. The van der Waals surface area contributed by atoms with E-state index in [1.165, 1.54) is 17.3 Å². The zero-order chi connectivity index (χ0) is 28.1. The third kappa shape index (κ3) is 7.52. The number of quaternary nitrogens is 1. The predicted molar refractivity (Wildman–Crippen MR) is 141 cm³/mol. The first-order valence-corrected chi connectivity index (χ1v) is 13.8. The lowest BCUT2D eigenvalue weighted by Gasteiger charge is -2.32. The van der Waals surface area contributed by atoms with E-state index in [1.54, 1.807) is 13.1 Å². The fourth-order valence-corrected chi connectivity index (χ4v) is 5.12. The normalized spacial score (nSPS) is 23.7. The number of amides is 2. The quantitative estimate of drug-likeness (QED) is 0.289. The number of rotatable bonds is 12. The first kappa shape index (κ1) is 28.9. The molecule has 12 heteroatoms. The van der Waals surface area contributed by atoms with Crippen molar-refractivity contribution in [1.29, 1.82) is 0 Å². The molecule has 4 rings (SSSR count). The number of ketones is 1. The molecule has 4 atom stereocenters. The van der Waals surface area contributed by atoms with Gasteiger partial charge >= 0.3 is 5.90 Å². The summed E-state index contributed by atoms with van der Waals surface area (Å²) in [6, 6.07) is 3.02. The number of carbonyl (C=O) groups is 3. The first-order valence-electron chi connectivity index (χ1n) is 13.8.